The van der Waals surface area contributed by atoms with Crippen LogP contribution in [0.1, 0.15) is 19.3 Å². The number of rotatable bonds is 4. The summed E-state index contributed by atoms with van der Waals surface area (Å²) in [6.07, 6.45) is 5.36. The van der Waals surface area contributed by atoms with Crippen molar-refractivity contribution >= 4 is 22.5 Å². The monoisotopic (exact) mass is 301 g/mol. The molecule has 0 amide bonds. The number of likely N-dealkylation sites (N-methyl/N-ethyl adjacent to an activating group) is 1. The summed E-state index contributed by atoms with van der Waals surface area (Å²) < 4.78 is 0. The molecule has 1 fully saturated rings. The molecule has 1 aromatic heterocycles. The molecule has 1 N–H and O–H groups in total. The van der Waals surface area contributed by atoms with E-state index in [1.165, 1.54) is 31.4 Å². The van der Waals surface area contributed by atoms with Crippen LogP contribution in [0.2, 0.25) is 0 Å². The zero-order chi connectivity index (χ0) is 15.5. The van der Waals surface area contributed by atoms with Gasteiger partial charge in [-0.25, -0.2) is 4.98 Å². The third kappa shape index (κ3) is 3.14. The first-order valence-corrected chi connectivity index (χ1v) is 7.49. The Morgan fingerprint density at radius 1 is 1.41 bits per heavy atom. The van der Waals surface area contributed by atoms with Gasteiger partial charge in [0.1, 0.15) is 5.82 Å². The van der Waals surface area contributed by atoms with Crippen molar-refractivity contribution in [3.8, 4) is 0 Å². The summed E-state index contributed by atoms with van der Waals surface area (Å²) in [5, 5.41) is 14.3. The maximum atomic E-state index is 10.8. The Morgan fingerprint density at radius 3 is 3.00 bits per heavy atom. The lowest BCUT2D eigenvalue weighted by Crippen LogP contribution is -2.42. The first kappa shape index (κ1) is 14.6. The van der Waals surface area contributed by atoms with Crippen molar-refractivity contribution in [3.05, 3.63) is 34.5 Å². The van der Waals surface area contributed by atoms with E-state index in [1.54, 1.807) is 12.3 Å². The molecule has 0 bridgehead atoms. The molecule has 2 heterocycles. The van der Waals surface area contributed by atoms with Crippen molar-refractivity contribution in [2.24, 2.45) is 0 Å². The fourth-order valence-corrected chi connectivity index (χ4v) is 2.79. The summed E-state index contributed by atoms with van der Waals surface area (Å²) in [5.41, 5.74) is 1.25. The number of aromatic nitrogens is 2. The standard InChI is InChI=1S/C15H19N5O2/c1-19(10-11-4-2-3-7-16-11)15-9-17-14-8-12(20(21)22)5-6-13(14)18-15/h5-6,8-9,11,16H,2-4,7,10H2,1H3. The molecule has 1 atom stereocenters. The highest BCUT2D eigenvalue weighted by molar-refractivity contribution is 5.78. The average molecular weight is 301 g/mol. The smallest absolute Gasteiger partial charge is 0.271 e. The number of anilines is 1. The van der Waals surface area contributed by atoms with Gasteiger partial charge in [0.05, 0.1) is 22.2 Å². The maximum Gasteiger partial charge on any atom is 0.271 e. The van der Waals surface area contributed by atoms with E-state index >= 15 is 0 Å². The second-order valence-corrected chi connectivity index (χ2v) is 5.69. The van der Waals surface area contributed by atoms with Crippen LogP contribution in [0, 0.1) is 10.1 Å². The molecule has 0 spiro atoms. The molecule has 2 aromatic rings. The number of hydrogen-bond acceptors (Lipinski definition) is 6. The minimum absolute atomic E-state index is 0.0364. The summed E-state index contributed by atoms with van der Waals surface area (Å²) in [4.78, 5) is 21.3. The van der Waals surface area contributed by atoms with Crippen LogP contribution in [0.25, 0.3) is 11.0 Å². The molecule has 1 aromatic carbocycles. The average Bonchev–Trinajstić information content (AvgIpc) is 2.54. The van der Waals surface area contributed by atoms with Crippen LogP contribution in [-0.2, 0) is 0 Å². The third-order valence-electron chi connectivity index (χ3n) is 4.02. The molecule has 0 radical (unpaired) electrons. The van der Waals surface area contributed by atoms with Crippen molar-refractivity contribution < 1.29 is 4.92 Å². The molecule has 1 saturated heterocycles. The first-order valence-electron chi connectivity index (χ1n) is 7.49. The van der Waals surface area contributed by atoms with E-state index in [9.17, 15) is 10.1 Å². The highest BCUT2D eigenvalue weighted by atomic mass is 16.6. The lowest BCUT2D eigenvalue weighted by atomic mass is 10.0. The van der Waals surface area contributed by atoms with Gasteiger partial charge in [-0.2, -0.15) is 0 Å². The minimum atomic E-state index is -0.421. The lowest BCUT2D eigenvalue weighted by Gasteiger charge is -2.28. The molecule has 1 unspecified atom stereocenters. The zero-order valence-electron chi connectivity index (χ0n) is 12.5. The summed E-state index contributed by atoms with van der Waals surface area (Å²) in [5.74, 6) is 0.786. The van der Waals surface area contributed by atoms with E-state index in [4.69, 9.17) is 0 Å². The number of nitro benzene ring substituents is 1. The number of nitro groups is 1. The van der Waals surface area contributed by atoms with E-state index in [1.807, 2.05) is 7.05 Å². The van der Waals surface area contributed by atoms with Crippen LogP contribution < -0.4 is 10.2 Å². The normalized spacial score (nSPS) is 18.3. The van der Waals surface area contributed by atoms with Gasteiger partial charge in [-0.3, -0.25) is 15.1 Å². The summed E-state index contributed by atoms with van der Waals surface area (Å²) in [7, 11) is 2.00. The van der Waals surface area contributed by atoms with E-state index in [2.05, 4.69) is 20.2 Å². The number of hydrogen-bond donors (Lipinski definition) is 1. The molecule has 1 aliphatic rings. The van der Waals surface area contributed by atoms with Crippen LogP contribution in [0.3, 0.4) is 0 Å². The summed E-state index contributed by atoms with van der Waals surface area (Å²) >= 11 is 0. The van der Waals surface area contributed by atoms with Gasteiger partial charge >= 0.3 is 0 Å². The van der Waals surface area contributed by atoms with Gasteiger partial charge in [0, 0.05) is 31.8 Å². The second-order valence-electron chi connectivity index (χ2n) is 5.69. The SMILES string of the molecule is CN(CC1CCCCN1)c1cnc2cc([N+](=O)[O-])ccc2n1. The molecule has 116 valence electrons. The van der Waals surface area contributed by atoms with Crippen LogP contribution in [0.4, 0.5) is 11.5 Å². The van der Waals surface area contributed by atoms with Crippen LogP contribution in [-0.4, -0.2) is 41.1 Å². The molecule has 0 aliphatic carbocycles. The topological polar surface area (TPSA) is 84.2 Å². The number of non-ortho nitro benzene ring substituents is 1. The van der Waals surface area contributed by atoms with Gasteiger partial charge in [0.25, 0.3) is 5.69 Å². The largest absolute Gasteiger partial charge is 0.357 e. The zero-order valence-corrected chi connectivity index (χ0v) is 12.5. The summed E-state index contributed by atoms with van der Waals surface area (Å²) in [6, 6.07) is 5.04. The van der Waals surface area contributed by atoms with E-state index in [0.29, 0.717) is 17.1 Å². The number of nitrogens with zero attached hydrogens (tertiary/aromatic N) is 4. The van der Waals surface area contributed by atoms with Crippen LogP contribution in [0.15, 0.2) is 24.4 Å². The summed E-state index contributed by atoms with van der Waals surface area (Å²) in [6.45, 7) is 1.96. The molecule has 7 nitrogen and oxygen atoms in total. The van der Waals surface area contributed by atoms with E-state index in [-0.39, 0.29) is 5.69 Å². The molecule has 3 rings (SSSR count). The fraction of sp³-hybridized carbons (Fsp3) is 0.467. The Morgan fingerprint density at radius 2 is 2.27 bits per heavy atom. The van der Waals surface area contributed by atoms with Crippen molar-refractivity contribution in [2.45, 2.75) is 25.3 Å². The third-order valence-corrected chi connectivity index (χ3v) is 4.02. The second kappa shape index (κ2) is 6.23. The maximum absolute atomic E-state index is 10.8. The Hall–Kier alpha value is -2.28. The Kier molecular flexibility index (Phi) is 4.15. The van der Waals surface area contributed by atoms with Crippen LogP contribution >= 0.6 is 0 Å². The van der Waals surface area contributed by atoms with Crippen molar-refractivity contribution in [3.63, 3.8) is 0 Å². The molecule has 7 heteroatoms. The molecule has 1 aliphatic heterocycles. The van der Waals surface area contributed by atoms with Crippen molar-refractivity contribution in [1.82, 2.24) is 15.3 Å². The Labute approximate surface area is 128 Å². The lowest BCUT2D eigenvalue weighted by molar-refractivity contribution is -0.384. The van der Waals surface area contributed by atoms with Gasteiger partial charge in [0.15, 0.2) is 0 Å². The Bertz CT molecular complexity index is 685. The van der Waals surface area contributed by atoms with E-state index in [0.717, 1.165) is 18.9 Å². The van der Waals surface area contributed by atoms with E-state index < -0.39 is 4.92 Å². The van der Waals surface area contributed by atoms with Crippen LogP contribution in [0.5, 0.6) is 0 Å². The van der Waals surface area contributed by atoms with Gasteiger partial charge in [-0.1, -0.05) is 6.42 Å². The van der Waals surface area contributed by atoms with Gasteiger partial charge in [0.2, 0.25) is 0 Å². The predicted octanol–water partition coefficient (Wildman–Crippen LogP) is 2.12. The molecular formula is C15H19N5O2. The highest BCUT2D eigenvalue weighted by Gasteiger charge is 2.16. The number of piperidine rings is 1. The molecule has 22 heavy (non-hydrogen) atoms. The minimum Gasteiger partial charge on any atom is -0.357 e. The first-order chi connectivity index (χ1) is 10.6. The van der Waals surface area contributed by atoms with Crippen molar-refractivity contribution in [2.75, 3.05) is 25.0 Å². The number of fused-ring (bicyclic) bond motifs is 1. The Balaban J connectivity index is 1.78. The molecule has 0 saturated carbocycles. The number of benzene rings is 1. The number of nitrogens with one attached hydrogen (secondary N) is 1. The fourth-order valence-electron chi connectivity index (χ4n) is 2.79. The van der Waals surface area contributed by atoms with Crippen molar-refractivity contribution in [1.29, 1.82) is 0 Å². The quantitative estimate of drug-likeness (QED) is 0.688. The van der Waals surface area contributed by atoms with Gasteiger partial charge in [-0.05, 0) is 25.5 Å². The van der Waals surface area contributed by atoms with Gasteiger partial charge in [-0.15, -0.1) is 0 Å². The van der Waals surface area contributed by atoms with Gasteiger partial charge < -0.3 is 10.2 Å². The predicted molar refractivity (Wildman–Crippen MR) is 85.1 cm³/mol. The molecular weight excluding hydrogens is 282 g/mol. The highest BCUT2D eigenvalue weighted by Crippen LogP contribution is 2.20.